The summed E-state index contributed by atoms with van der Waals surface area (Å²) in [5, 5.41) is 32.5. The summed E-state index contributed by atoms with van der Waals surface area (Å²) in [6, 6.07) is 9.94. The van der Waals surface area contributed by atoms with Crippen LogP contribution in [-0.2, 0) is 14.9 Å². The summed E-state index contributed by atoms with van der Waals surface area (Å²) >= 11 is 7.26. The highest BCUT2D eigenvalue weighted by atomic mass is 35.5. The molecule has 0 bridgehead atoms. The second kappa shape index (κ2) is 10.6. The Morgan fingerprint density at radius 3 is 2.59 bits per heavy atom. The Balaban J connectivity index is 1.72. The zero-order chi connectivity index (χ0) is 28.7. The summed E-state index contributed by atoms with van der Waals surface area (Å²) < 4.78 is 36.3. The number of rotatable bonds is 7. The van der Waals surface area contributed by atoms with Crippen molar-refractivity contribution in [1.29, 1.82) is 5.26 Å². The molecule has 1 saturated heterocycles. The lowest BCUT2D eigenvalue weighted by molar-refractivity contribution is -0.120. The molecule has 0 radical (unpaired) electrons. The van der Waals surface area contributed by atoms with Crippen molar-refractivity contribution < 1.29 is 32.8 Å². The molecule has 2 unspecified atom stereocenters. The molecule has 1 aromatic heterocycles. The zero-order valence-electron chi connectivity index (χ0n) is 20.5. The van der Waals surface area contributed by atoms with Crippen molar-refractivity contribution in [3.63, 3.8) is 0 Å². The molecule has 4 rings (SSSR count). The van der Waals surface area contributed by atoms with Crippen LogP contribution >= 0.6 is 22.9 Å². The number of carbonyl (C=O) groups excluding carboxylic acids is 2. The van der Waals surface area contributed by atoms with E-state index in [9.17, 15) is 27.7 Å². The number of nitrogens with one attached hydrogen (secondary N) is 2. The summed E-state index contributed by atoms with van der Waals surface area (Å²) in [5.74, 6) is -0.645. The number of thiazole rings is 1. The molecule has 3 amide bonds. The minimum Gasteiger partial charge on any atom is -0.394 e. The van der Waals surface area contributed by atoms with Gasteiger partial charge in [0.05, 0.1) is 33.5 Å². The molecule has 2 aromatic carbocycles. The lowest BCUT2D eigenvalue weighted by Crippen LogP contribution is -2.49. The van der Waals surface area contributed by atoms with Gasteiger partial charge in [0.2, 0.25) is 5.50 Å². The Morgan fingerprint density at radius 1 is 1.28 bits per heavy atom. The largest absolute Gasteiger partial charge is 0.394 e. The lowest BCUT2D eigenvalue weighted by atomic mass is 10.0. The molecule has 0 spiro atoms. The molecule has 1 aliphatic rings. The molecule has 2 heterocycles. The number of benzene rings is 2. The van der Waals surface area contributed by atoms with Crippen LogP contribution in [0.5, 0.6) is 0 Å². The number of anilines is 3. The van der Waals surface area contributed by atoms with Crippen LogP contribution in [0, 0.1) is 11.3 Å². The van der Waals surface area contributed by atoms with Crippen LogP contribution in [0.2, 0.25) is 5.02 Å². The fraction of sp³-hybridized carbons (Fsp3) is 0.304. The van der Waals surface area contributed by atoms with Crippen molar-refractivity contribution in [2.75, 3.05) is 28.3 Å². The van der Waals surface area contributed by atoms with E-state index in [4.69, 9.17) is 22.0 Å². The van der Waals surface area contributed by atoms with E-state index in [1.54, 1.807) is 12.1 Å². The zero-order valence-corrected chi connectivity index (χ0v) is 22.9. The van der Waals surface area contributed by atoms with Crippen LogP contribution in [0.25, 0.3) is 10.2 Å². The van der Waals surface area contributed by atoms with Gasteiger partial charge in [-0.1, -0.05) is 22.9 Å². The Bertz CT molecular complexity index is 1600. The fourth-order valence-corrected chi connectivity index (χ4v) is 6.33. The first-order valence-corrected chi connectivity index (χ1v) is 14.0. The highest BCUT2D eigenvalue weighted by molar-refractivity contribution is 7.86. The van der Waals surface area contributed by atoms with Gasteiger partial charge in [-0.2, -0.15) is 13.7 Å². The Labute approximate surface area is 232 Å². The van der Waals surface area contributed by atoms with Gasteiger partial charge in [0.15, 0.2) is 5.13 Å². The van der Waals surface area contributed by atoms with E-state index in [0.29, 0.717) is 10.2 Å². The number of halogens is 1. The quantitative estimate of drug-likeness (QED) is 0.253. The Morgan fingerprint density at radius 2 is 1.97 bits per heavy atom. The summed E-state index contributed by atoms with van der Waals surface area (Å²) in [6.07, 6.45) is -1.11. The number of carbonyl (C=O) groups is 2. The topological polar surface area (TPSA) is 196 Å². The standard InChI is InChI=1S/C23H23ClN6O7S2/c1-23(2)19(33)29(13-4-3-12(9-25)16(24)7-13)22(39(35,36)37)30(23)14-5-6-18-17(8-14)27-21(38-18)28-20(34)26-10-15(32)11-31/h3-8,15,22,31-32H,10-11H2,1-2H3,(H,35,36,37)(H2,26,27,28,34). The van der Waals surface area contributed by atoms with Crippen LogP contribution < -0.4 is 20.4 Å². The second-order valence-electron chi connectivity index (χ2n) is 9.06. The number of hydrogen-bond donors (Lipinski definition) is 5. The number of urea groups is 1. The first-order valence-electron chi connectivity index (χ1n) is 11.3. The van der Waals surface area contributed by atoms with Crippen molar-refractivity contribution in [1.82, 2.24) is 10.3 Å². The van der Waals surface area contributed by atoms with E-state index in [1.165, 1.54) is 43.0 Å². The first-order chi connectivity index (χ1) is 18.3. The molecular formula is C23H23ClN6O7S2. The van der Waals surface area contributed by atoms with Crippen LogP contribution in [0.3, 0.4) is 0 Å². The molecule has 2 atom stereocenters. The highest BCUT2D eigenvalue weighted by Gasteiger charge is 2.57. The number of aromatic nitrogens is 1. The van der Waals surface area contributed by atoms with Crippen molar-refractivity contribution >= 4 is 71.7 Å². The molecule has 13 nitrogen and oxygen atoms in total. The maximum absolute atomic E-state index is 13.6. The van der Waals surface area contributed by atoms with E-state index < -0.39 is 45.8 Å². The summed E-state index contributed by atoms with van der Waals surface area (Å²) in [4.78, 5) is 32.1. The van der Waals surface area contributed by atoms with Gasteiger partial charge in [-0.25, -0.2) is 9.78 Å². The van der Waals surface area contributed by atoms with Crippen molar-refractivity contribution in [3.05, 3.63) is 47.0 Å². The predicted molar refractivity (Wildman–Crippen MR) is 145 cm³/mol. The first kappa shape index (κ1) is 28.5. The number of aliphatic hydroxyl groups is 2. The van der Waals surface area contributed by atoms with Gasteiger partial charge in [-0.15, -0.1) is 0 Å². The molecule has 5 N–H and O–H groups in total. The van der Waals surface area contributed by atoms with Crippen molar-refractivity contribution in [2.45, 2.75) is 31.0 Å². The van der Waals surface area contributed by atoms with Gasteiger partial charge in [-0.3, -0.25) is 19.6 Å². The molecule has 39 heavy (non-hydrogen) atoms. The van der Waals surface area contributed by atoms with Gasteiger partial charge >= 0.3 is 16.1 Å². The van der Waals surface area contributed by atoms with E-state index in [1.807, 2.05) is 6.07 Å². The maximum Gasteiger partial charge on any atom is 0.321 e. The van der Waals surface area contributed by atoms with Gasteiger partial charge in [0.25, 0.3) is 5.91 Å². The predicted octanol–water partition coefficient (Wildman–Crippen LogP) is 2.10. The minimum atomic E-state index is -4.91. The smallest absolute Gasteiger partial charge is 0.321 e. The highest BCUT2D eigenvalue weighted by Crippen LogP contribution is 2.42. The van der Waals surface area contributed by atoms with E-state index >= 15 is 0 Å². The molecule has 1 fully saturated rings. The molecule has 3 aromatic rings. The number of nitriles is 1. The Hall–Kier alpha value is -3.52. The number of nitrogens with zero attached hydrogens (tertiary/aromatic N) is 4. The van der Waals surface area contributed by atoms with E-state index in [0.717, 1.165) is 16.2 Å². The summed E-state index contributed by atoms with van der Waals surface area (Å²) in [5.41, 5.74) is -2.50. The fourth-order valence-electron chi connectivity index (χ4n) is 4.13. The normalized spacial score (nSPS) is 17.8. The Kier molecular flexibility index (Phi) is 7.72. The van der Waals surface area contributed by atoms with E-state index in [2.05, 4.69) is 15.6 Å². The third-order valence-corrected chi connectivity index (χ3v) is 8.20. The van der Waals surface area contributed by atoms with Gasteiger partial charge in [-0.05, 0) is 50.2 Å². The second-order valence-corrected chi connectivity index (χ2v) is 12.0. The van der Waals surface area contributed by atoms with Crippen molar-refractivity contribution in [2.24, 2.45) is 0 Å². The van der Waals surface area contributed by atoms with Crippen LogP contribution in [-0.4, -0.2) is 70.4 Å². The minimum absolute atomic E-state index is 0.00646. The SMILES string of the molecule is CC1(C)C(=O)N(c2ccc(C#N)c(Cl)c2)C(S(=O)(=O)O)N1c1ccc2sc(NC(=O)NCC(O)CO)nc2c1. The van der Waals surface area contributed by atoms with Gasteiger partial charge < -0.3 is 20.4 Å². The molecule has 206 valence electrons. The molecule has 0 saturated carbocycles. The molecular weight excluding hydrogens is 572 g/mol. The van der Waals surface area contributed by atoms with Gasteiger partial charge in [0, 0.05) is 17.9 Å². The number of fused-ring (bicyclic) bond motifs is 1. The average molecular weight is 595 g/mol. The number of aliphatic hydroxyl groups excluding tert-OH is 2. The van der Waals surface area contributed by atoms with E-state index in [-0.39, 0.29) is 33.6 Å². The summed E-state index contributed by atoms with van der Waals surface area (Å²) in [7, 11) is -4.91. The lowest BCUT2D eigenvalue weighted by Gasteiger charge is -2.34. The molecule has 1 aliphatic heterocycles. The average Bonchev–Trinajstić information content (AvgIpc) is 3.36. The monoisotopic (exact) mass is 594 g/mol. The maximum atomic E-state index is 13.6. The van der Waals surface area contributed by atoms with Crippen LogP contribution in [0.15, 0.2) is 36.4 Å². The third-order valence-electron chi connectivity index (χ3n) is 5.98. The van der Waals surface area contributed by atoms with Crippen LogP contribution in [0.4, 0.5) is 21.3 Å². The molecule has 16 heteroatoms. The summed E-state index contributed by atoms with van der Waals surface area (Å²) in [6.45, 7) is 2.32. The number of amides is 3. The number of hydrogen-bond acceptors (Lipinski definition) is 10. The van der Waals surface area contributed by atoms with Crippen LogP contribution in [0.1, 0.15) is 19.4 Å². The third kappa shape index (κ3) is 5.48. The van der Waals surface area contributed by atoms with Crippen molar-refractivity contribution in [3.8, 4) is 6.07 Å². The molecule has 0 aliphatic carbocycles. The van der Waals surface area contributed by atoms with Gasteiger partial charge in [0.1, 0.15) is 11.6 Å².